The van der Waals surface area contributed by atoms with Crippen molar-refractivity contribution >= 4 is 20.9 Å². The Hall–Kier alpha value is -2.33. The third kappa shape index (κ3) is 3.23. The lowest BCUT2D eigenvalue weighted by atomic mass is 10.1. The molecule has 0 amide bonds. The van der Waals surface area contributed by atoms with Gasteiger partial charge in [-0.25, -0.2) is 0 Å². The van der Waals surface area contributed by atoms with Gasteiger partial charge in [0.2, 0.25) is 0 Å². The fourth-order valence-electron chi connectivity index (χ4n) is 2.21. The van der Waals surface area contributed by atoms with E-state index in [-0.39, 0.29) is 5.75 Å². The standard InChI is InChI=1S/C17H14O3S/c18-21(19,13-14-7-2-1-3-8-14)20-17-12-6-10-15-9-4-5-11-16(15)17/h1-12H,13H2. The lowest BCUT2D eigenvalue weighted by molar-refractivity contribution is 0.487. The zero-order chi connectivity index (χ0) is 14.7. The van der Waals surface area contributed by atoms with Crippen LogP contribution in [0.1, 0.15) is 5.56 Å². The second-order valence-corrected chi connectivity index (χ2v) is 6.32. The Bertz CT molecular complexity index is 850. The average Bonchev–Trinajstić information content (AvgIpc) is 2.48. The maximum absolute atomic E-state index is 12.2. The second kappa shape index (κ2) is 5.58. The van der Waals surface area contributed by atoms with Crippen LogP contribution in [0, 0.1) is 0 Å². The zero-order valence-electron chi connectivity index (χ0n) is 11.3. The fourth-order valence-corrected chi connectivity index (χ4v) is 3.29. The SMILES string of the molecule is O=S(=O)(Cc1ccccc1)Oc1cccc2ccccc12. The molecule has 0 atom stereocenters. The van der Waals surface area contributed by atoms with Gasteiger partial charge in [-0.05, 0) is 17.0 Å². The minimum Gasteiger partial charge on any atom is -0.382 e. The molecule has 0 aliphatic carbocycles. The Morgan fingerprint density at radius 1 is 0.762 bits per heavy atom. The van der Waals surface area contributed by atoms with Crippen LogP contribution in [0.4, 0.5) is 0 Å². The summed E-state index contributed by atoms with van der Waals surface area (Å²) >= 11 is 0. The van der Waals surface area contributed by atoms with Gasteiger partial charge in [-0.3, -0.25) is 0 Å². The smallest absolute Gasteiger partial charge is 0.313 e. The third-order valence-corrected chi connectivity index (χ3v) is 4.27. The van der Waals surface area contributed by atoms with E-state index in [2.05, 4.69) is 0 Å². The number of hydrogen-bond acceptors (Lipinski definition) is 3. The lowest BCUT2D eigenvalue weighted by Gasteiger charge is -2.09. The van der Waals surface area contributed by atoms with Crippen LogP contribution in [-0.4, -0.2) is 8.42 Å². The summed E-state index contributed by atoms with van der Waals surface area (Å²) in [6, 6.07) is 21.9. The van der Waals surface area contributed by atoms with E-state index in [0.717, 1.165) is 10.8 Å². The summed E-state index contributed by atoms with van der Waals surface area (Å²) in [6.45, 7) is 0. The number of fused-ring (bicyclic) bond motifs is 1. The monoisotopic (exact) mass is 298 g/mol. The van der Waals surface area contributed by atoms with Crippen molar-refractivity contribution in [3.05, 3.63) is 78.4 Å². The first kappa shape index (κ1) is 13.6. The molecule has 0 saturated heterocycles. The molecule has 0 N–H and O–H groups in total. The third-order valence-electron chi connectivity index (χ3n) is 3.15. The van der Waals surface area contributed by atoms with Crippen molar-refractivity contribution in [1.82, 2.24) is 0 Å². The van der Waals surface area contributed by atoms with E-state index in [1.54, 1.807) is 24.3 Å². The molecule has 3 rings (SSSR count). The van der Waals surface area contributed by atoms with Crippen LogP contribution in [-0.2, 0) is 15.9 Å². The maximum Gasteiger partial charge on any atom is 0.313 e. The first-order valence-corrected chi connectivity index (χ1v) is 8.16. The van der Waals surface area contributed by atoms with E-state index >= 15 is 0 Å². The lowest BCUT2D eigenvalue weighted by Crippen LogP contribution is -2.12. The van der Waals surface area contributed by atoms with E-state index in [1.807, 2.05) is 48.5 Å². The Morgan fingerprint density at radius 3 is 2.24 bits per heavy atom. The van der Waals surface area contributed by atoms with Crippen LogP contribution in [0.5, 0.6) is 5.75 Å². The van der Waals surface area contributed by atoms with Crippen molar-refractivity contribution in [3.8, 4) is 5.75 Å². The molecule has 0 radical (unpaired) electrons. The molecule has 0 saturated carbocycles. The molecule has 3 nitrogen and oxygen atoms in total. The topological polar surface area (TPSA) is 43.4 Å². The second-order valence-electron chi connectivity index (χ2n) is 4.75. The molecular formula is C17H14O3S. The molecule has 0 aliphatic rings. The van der Waals surface area contributed by atoms with Crippen molar-refractivity contribution in [2.75, 3.05) is 0 Å². The van der Waals surface area contributed by atoms with Gasteiger partial charge in [-0.1, -0.05) is 66.7 Å². The summed E-state index contributed by atoms with van der Waals surface area (Å²) in [7, 11) is -3.68. The van der Waals surface area contributed by atoms with Crippen LogP contribution in [0.15, 0.2) is 72.8 Å². The first-order valence-electron chi connectivity index (χ1n) is 6.58. The molecule has 0 aromatic heterocycles. The molecule has 4 heteroatoms. The Labute approximate surface area is 123 Å². The summed E-state index contributed by atoms with van der Waals surface area (Å²) in [5.74, 6) is 0.223. The Balaban J connectivity index is 1.91. The normalized spacial score (nSPS) is 11.4. The van der Waals surface area contributed by atoms with Gasteiger partial charge in [0.25, 0.3) is 0 Å². The van der Waals surface area contributed by atoms with Gasteiger partial charge in [-0.15, -0.1) is 0 Å². The molecule has 0 aliphatic heterocycles. The number of benzene rings is 3. The highest BCUT2D eigenvalue weighted by atomic mass is 32.2. The highest BCUT2D eigenvalue weighted by Gasteiger charge is 2.15. The van der Waals surface area contributed by atoms with Crippen LogP contribution in [0.25, 0.3) is 10.8 Å². The predicted molar refractivity (Wildman–Crippen MR) is 83.6 cm³/mol. The molecule has 3 aromatic rings. The summed E-state index contributed by atoms with van der Waals surface area (Å²) in [5, 5.41) is 1.74. The molecule has 0 unspecified atom stereocenters. The van der Waals surface area contributed by atoms with Gasteiger partial charge >= 0.3 is 10.1 Å². The molecule has 3 aromatic carbocycles. The van der Waals surface area contributed by atoms with Gasteiger partial charge in [0, 0.05) is 5.39 Å². The van der Waals surface area contributed by atoms with E-state index in [0.29, 0.717) is 11.3 Å². The van der Waals surface area contributed by atoms with Crippen molar-refractivity contribution < 1.29 is 12.6 Å². The zero-order valence-corrected chi connectivity index (χ0v) is 12.1. The molecule has 21 heavy (non-hydrogen) atoms. The van der Waals surface area contributed by atoms with Crippen molar-refractivity contribution in [1.29, 1.82) is 0 Å². The fraction of sp³-hybridized carbons (Fsp3) is 0.0588. The van der Waals surface area contributed by atoms with E-state index < -0.39 is 10.1 Å². The summed E-state index contributed by atoms with van der Waals surface area (Å²) in [6.07, 6.45) is 0. The van der Waals surface area contributed by atoms with Gasteiger partial charge < -0.3 is 4.18 Å². The quantitative estimate of drug-likeness (QED) is 0.689. The largest absolute Gasteiger partial charge is 0.382 e. The highest BCUT2D eigenvalue weighted by molar-refractivity contribution is 7.86. The van der Waals surface area contributed by atoms with Gasteiger partial charge in [-0.2, -0.15) is 8.42 Å². The number of rotatable bonds is 4. The molecule has 0 fully saturated rings. The highest BCUT2D eigenvalue weighted by Crippen LogP contribution is 2.27. The van der Waals surface area contributed by atoms with Crippen LogP contribution >= 0.6 is 0 Å². The first-order chi connectivity index (χ1) is 10.1. The van der Waals surface area contributed by atoms with Crippen molar-refractivity contribution in [2.45, 2.75) is 5.75 Å². The Morgan fingerprint density at radius 2 is 1.43 bits per heavy atom. The van der Waals surface area contributed by atoms with Crippen molar-refractivity contribution in [2.24, 2.45) is 0 Å². The number of hydrogen-bond donors (Lipinski definition) is 0. The Kier molecular flexibility index (Phi) is 3.62. The van der Waals surface area contributed by atoms with Gasteiger partial charge in [0.15, 0.2) is 0 Å². The molecule has 106 valence electrons. The maximum atomic E-state index is 12.2. The average molecular weight is 298 g/mol. The molecule has 0 spiro atoms. The van der Waals surface area contributed by atoms with Gasteiger partial charge in [0.1, 0.15) is 11.5 Å². The van der Waals surface area contributed by atoms with Gasteiger partial charge in [0.05, 0.1) is 0 Å². The summed E-state index contributed by atoms with van der Waals surface area (Å²) < 4.78 is 29.7. The van der Waals surface area contributed by atoms with Crippen LogP contribution in [0.2, 0.25) is 0 Å². The van der Waals surface area contributed by atoms with Crippen LogP contribution < -0.4 is 4.18 Å². The molecule has 0 bridgehead atoms. The summed E-state index contributed by atoms with van der Waals surface area (Å²) in [5.41, 5.74) is 0.706. The molecule has 0 heterocycles. The minimum absolute atomic E-state index is 0.142. The predicted octanol–water partition coefficient (Wildman–Crippen LogP) is 3.75. The minimum atomic E-state index is -3.68. The van der Waals surface area contributed by atoms with Crippen LogP contribution in [0.3, 0.4) is 0 Å². The molecular weight excluding hydrogens is 284 g/mol. The van der Waals surface area contributed by atoms with E-state index in [4.69, 9.17) is 4.18 Å². The van der Waals surface area contributed by atoms with Crippen molar-refractivity contribution in [3.63, 3.8) is 0 Å². The van der Waals surface area contributed by atoms with E-state index in [1.165, 1.54) is 0 Å². The van der Waals surface area contributed by atoms with E-state index in [9.17, 15) is 8.42 Å². The summed E-state index contributed by atoms with van der Waals surface area (Å²) in [4.78, 5) is 0.